The summed E-state index contributed by atoms with van der Waals surface area (Å²) in [6.45, 7) is 8.42. The van der Waals surface area contributed by atoms with Crippen LogP contribution in [0.3, 0.4) is 0 Å². The van der Waals surface area contributed by atoms with Gasteiger partial charge in [0.15, 0.2) is 0 Å². The van der Waals surface area contributed by atoms with Gasteiger partial charge in [-0.1, -0.05) is 110 Å². The lowest BCUT2D eigenvalue weighted by molar-refractivity contribution is -0.131. The summed E-state index contributed by atoms with van der Waals surface area (Å²) < 4.78 is 10.6. The molecule has 0 fully saturated rings. The van der Waals surface area contributed by atoms with Crippen LogP contribution < -0.4 is 30.7 Å². The first-order valence-electron chi connectivity index (χ1n) is 20.6. The molecule has 4 amide bonds. The summed E-state index contributed by atoms with van der Waals surface area (Å²) in [6, 6.07) is 29.9. The zero-order chi connectivity index (χ0) is 43.6. The van der Waals surface area contributed by atoms with Crippen molar-refractivity contribution in [1.82, 2.24) is 21.3 Å². The average molecular weight is 855 g/mol. The molecule has 0 aliphatic heterocycles. The Hall–Kier alpha value is -4.94. The average Bonchev–Trinajstić information content (AvgIpc) is 3.25. The molecule has 0 spiro atoms. The van der Waals surface area contributed by atoms with Gasteiger partial charge in [-0.15, -0.1) is 0 Å². The minimum absolute atomic E-state index is 0.152. The van der Waals surface area contributed by atoms with Crippen LogP contribution in [0.4, 0.5) is 0 Å². The number of amides is 4. The Morgan fingerprint density at radius 3 is 1.17 bits per heavy atom. The van der Waals surface area contributed by atoms with E-state index in [2.05, 4.69) is 73.2 Å². The van der Waals surface area contributed by atoms with Gasteiger partial charge in [-0.25, -0.2) is 0 Å². The van der Waals surface area contributed by atoms with Crippen molar-refractivity contribution in [2.45, 2.75) is 88.1 Å². The molecule has 0 radical (unpaired) electrons. The number of benzene rings is 4. The van der Waals surface area contributed by atoms with E-state index in [1.165, 1.54) is 0 Å². The van der Waals surface area contributed by atoms with Crippen molar-refractivity contribution >= 4 is 45.2 Å². The van der Waals surface area contributed by atoms with Crippen molar-refractivity contribution < 1.29 is 28.7 Å². The molecule has 0 saturated heterocycles. The van der Waals surface area contributed by atoms with Crippen LogP contribution in [-0.4, -0.2) is 64.0 Å². The fraction of sp³-hybridized carbons (Fsp3) is 0.417. The van der Waals surface area contributed by atoms with Crippen LogP contribution in [-0.2, 0) is 44.9 Å². The van der Waals surface area contributed by atoms with E-state index < -0.39 is 12.1 Å². The van der Waals surface area contributed by atoms with Gasteiger partial charge in [-0.3, -0.25) is 19.2 Å². The molecule has 4 N–H and O–H groups in total. The minimum Gasteiger partial charge on any atom is -0.497 e. The van der Waals surface area contributed by atoms with E-state index in [9.17, 15) is 19.2 Å². The number of ether oxygens (including phenoxy) is 2. The molecule has 4 aromatic rings. The molecule has 322 valence electrons. The standard InChI is InChI=1S/C48H62N4O6S2/c1-31(2)25-37(45(53)51-41(47(55)49-5)27-33-17-21-39(57-7)22-18-33)29-35-13-9-11-15-43(35)59-60-44-16-12-10-14-36(44)30-38(26-32(3)4)46(54)52-42(48(56)50-6)28-34-19-23-40(58-8)24-20-34/h9-24,31-32,37-38,41-42H,25-30H2,1-8H3,(H,49,55)(H,50,56)(H,51,53)(H,52,54)/t37?,38?,41-,42-/m0/s1. The molecule has 0 saturated carbocycles. The lowest BCUT2D eigenvalue weighted by Gasteiger charge is -2.24. The molecular formula is C48H62N4O6S2. The maximum absolute atomic E-state index is 14.0. The van der Waals surface area contributed by atoms with Crippen molar-refractivity contribution in [1.29, 1.82) is 0 Å². The summed E-state index contributed by atoms with van der Waals surface area (Å²) in [5.74, 6) is 0.448. The van der Waals surface area contributed by atoms with E-state index in [0.717, 1.165) is 43.5 Å². The molecule has 0 heterocycles. The monoisotopic (exact) mass is 854 g/mol. The summed E-state index contributed by atoms with van der Waals surface area (Å²) in [4.78, 5) is 56.2. The number of methoxy groups -OCH3 is 2. The summed E-state index contributed by atoms with van der Waals surface area (Å²) >= 11 is 0. The van der Waals surface area contributed by atoms with Gasteiger partial charge < -0.3 is 30.7 Å². The molecule has 0 aromatic heterocycles. The molecule has 0 aliphatic carbocycles. The van der Waals surface area contributed by atoms with E-state index >= 15 is 0 Å². The van der Waals surface area contributed by atoms with Crippen molar-refractivity contribution in [3.63, 3.8) is 0 Å². The van der Waals surface area contributed by atoms with Crippen LogP contribution >= 0.6 is 21.6 Å². The van der Waals surface area contributed by atoms with Gasteiger partial charge in [-0.05, 0) is 96.2 Å². The van der Waals surface area contributed by atoms with Crippen LogP contribution in [0.1, 0.15) is 62.8 Å². The highest BCUT2D eigenvalue weighted by molar-refractivity contribution is 8.76. The number of carbonyl (C=O) groups excluding carboxylic acids is 4. The normalized spacial score (nSPS) is 13.2. The quantitative estimate of drug-likeness (QED) is 0.0555. The molecule has 10 nitrogen and oxygen atoms in total. The number of hydrogen-bond donors (Lipinski definition) is 4. The van der Waals surface area contributed by atoms with Gasteiger partial charge >= 0.3 is 0 Å². The molecule has 4 rings (SSSR count). The van der Waals surface area contributed by atoms with Crippen LogP contribution in [0.25, 0.3) is 0 Å². The minimum atomic E-state index is -0.730. The van der Waals surface area contributed by atoms with E-state index in [0.29, 0.717) is 38.5 Å². The number of likely N-dealkylation sites (N-methyl/N-ethyl adjacent to an activating group) is 2. The van der Waals surface area contributed by atoms with Gasteiger partial charge in [0.05, 0.1) is 14.2 Å². The van der Waals surface area contributed by atoms with E-state index in [4.69, 9.17) is 9.47 Å². The van der Waals surface area contributed by atoms with Crippen LogP contribution in [0.5, 0.6) is 11.5 Å². The molecule has 0 aliphatic rings. The summed E-state index contributed by atoms with van der Waals surface area (Å²) in [5, 5.41) is 11.6. The molecule has 2 unspecified atom stereocenters. The lowest BCUT2D eigenvalue weighted by Crippen LogP contribution is -2.49. The van der Waals surface area contributed by atoms with E-state index in [1.54, 1.807) is 49.9 Å². The highest BCUT2D eigenvalue weighted by Crippen LogP contribution is 2.42. The van der Waals surface area contributed by atoms with Crippen LogP contribution in [0.15, 0.2) is 107 Å². The maximum atomic E-state index is 14.0. The third kappa shape index (κ3) is 15.0. The van der Waals surface area contributed by atoms with Crippen LogP contribution in [0.2, 0.25) is 0 Å². The van der Waals surface area contributed by atoms with Crippen molar-refractivity contribution in [2.24, 2.45) is 23.7 Å². The number of hydrogen-bond acceptors (Lipinski definition) is 8. The second kappa shape index (κ2) is 24.3. The number of nitrogens with one attached hydrogen (secondary N) is 4. The lowest BCUT2D eigenvalue weighted by atomic mass is 9.89. The van der Waals surface area contributed by atoms with Crippen molar-refractivity contribution in [2.75, 3.05) is 28.3 Å². The molecule has 12 heteroatoms. The Morgan fingerprint density at radius 1 is 0.500 bits per heavy atom. The molecule has 0 bridgehead atoms. The molecule has 60 heavy (non-hydrogen) atoms. The number of carbonyl (C=O) groups is 4. The van der Waals surface area contributed by atoms with Gasteiger partial charge in [-0.2, -0.15) is 0 Å². The predicted molar refractivity (Wildman–Crippen MR) is 243 cm³/mol. The zero-order valence-electron chi connectivity index (χ0n) is 36.2. The highest BCUT2D eigenvalue weighted by atomic mass is 33.1. The van der Waals surface area contributed by atoms with Crippen molar-refractivity contribution in [3.8, 4) is 11.5 Å². The first-order chi connectivity index (χ1) is 28.8. The Kier molecular flexibility index (Phi) is 19.4. The Balaban J connectivity index is 1.49. The molecule has 4 aromatic carbocycles. The first kappa shape index (κ1) is 47.7. The Labute approximate surface area is 364 Å². The molecule has 4 atom stereocenters. The second-order valence-corrected chi connectivity index (χ2v) is 18.1. The Bertz CT molecular complexity index is 1850. The summed E-state index contributed by atoms with van der Waals surface area (Å²) in [6.07, 6.45) is 3.04. The Morgan fingerprint density at radius 2 is 0.850 bits per heavy atom. The van der Waals surface area contributed by atoms with Gasteiger partial charge in [0.2, 0.25) is 23.6 Å². The highest BCUT2D eigenvalue weighted by Gasteiger charge is 2.29. The maximum Gasteiger partial charge on any atom is 0.242 e. The topological polar surface area (TPSA) is 135 Å². The molecular weight excluding hydrogens is 793 g/mol. The van der Waals surface area contributed by atoms with Crippen LogP contribution in [0, 0.1) is 23.7 Å². The largest absolute Gasteiger partial charge is 0.497 e. The van der Waals surface area contributed by atoms with E-state index in [-0.39, 0.29) is 47.3 Å². The predicted octanol–water partition coefficient (Wildman–Crippen LogP) is 7.86. The number of rotatable bonds is 23. The zero-order valence-corrected chi connectivity index (χ0v) is 37.8. The van der Waals surface area contributed by atoms with Gasteiger partial charge in [0.1, 0.15) is 23.6 Å². The smallest absolute Gasteiger partial charge is 0.242 e. The SMILES string of the molecule is CNC(=O)[C@H](Cc1ccc(OC)cc1)NC(=O)C(Cc1ccccc1SSc1ccccc1CC(CC(C)C)C(=O)N[C@@H](Cc1ccc(OC)cc1)C(=O)NC)CC(C)C. The van der Waals surface area contributed by atoms with Gasteiger partial charge in [0, 0.05) is 48.6 Å². The summed E-state index contributed by atoms with van der Waals surface area (Å²) in [5.41, 5.74) is 3.93. The summed E-state index contributed by atoms with van der Waals surface area (Å²) in [7, 11) is 9.65. The van der Waals surface area contributed by atoms with E-state index in [1.807, 2.05) is 72.8 Å². The van der Waals surface area contributed by atoms with Crippen molar-refractivity contribution in [3.05, 3.63) is 119 Å². The third-order valence-electron chi connectivity index (χ3n) is 10.3. The second-order valence-electron chi connectivity index (χ2n) is 15.9. The fourth-order valence-electron chi connectivity index (χ4n) is 7.17. The fourth-order valence-corrected chi connectivity index (χ4v) is 9.65. The third-order valence-corrected chi connectivity index (χ3v) is 12.9. The van der Waals surface area contributed by atoms with Gasteiger partial charge in [0.25, 0.3) is 0 Å². The first-order valence-corrected chi connectivity index (χ1v) is 22.8.